The highest BCUT2D eigenvalue weighted by molar-refractivity contribution is 5.34. The summed E-state index contributed by atoms with van der Waals surface area (Å²) in [6.07, 6.45) is 2.50. The van der Waals surface area contributed by atoms with Gasteiger partial charge in [0.1, 0.15) is 11.8 Å². The number of nitrogens with zero attached hydrogens (tertiary/aromatic N) is 3. The number of aliphatic hydroxyl groups excluding tert-OH is 1. The molecule has 0 aliphatic heterocycles. The molecule has 0 aliphatic rings. The van der Waals surface area contributed by atoms with Crippen LogP contribution < -0.4 is 4.74 Å². The number of ether oxygens (including phenoxy) is 1. The van der Waals surface area contributed by atoms with Gasteiger partial charge in [-0.25, -0.2) is 0 Å². The molecular formula is C14H19N3O2. The Balaban J connectivity index is 2.44. The molecule has 0 bridgehead atoms. The van der Waals surface area contributed by atoms with Crippen molar-refractivity contribution in [2.75, 3.05) is 7.11 Å². The smallest absolute Gasteiger partial charge is 0.163 e. The van der Waals surface area contributed by atoms with Crippen LogP contribution in [0.5, 0.6) is 5.75 Å². The van der Waals surface area contributed by atoms with Crippen LogP contribution in [0.2, 0.25) is 0 Å². The predicted octanol–water partition coefficient (Wildman–Crippen LogP) is 2.26. The molecular weight excluding hydrogens is 242 g/mol. The van der Waals surface area contributed by atoms with Crippen LogP contribution in [0.3, 0.4) is 0 Å². The standard InChI is InChI=1S/C14H19N3O2/c1-9(2)17-13(12(19-4)8-16-17)14(18)11-6-5-10(3)15-7-11/h5-9,14,18H,1-4H3. The molecule has 2 aromatic rings. The van der Waals surface area contributed by atoms with Crippen LogP contribution in [0.4, 0.5) is 0 Å². The molecule has 0 aliphatic carbocycles. The molecule has 19 heavy (non-hydrogen) atoms. The largest absolute Gasteiger partial charge is 0.493 e. The normalized spacial score (nSPS) is 12.7. The lowest BCUT2D eigenvalue weighted by atomic mass is 10.1. The average Bonchev–Trinajstić information content (AvgIpc) is 2.82. The van der Waals surface area contributed by atoms with Crippen LogP contribution in [-0.2, 0) is 0 Å². The molecule has 0 saturated heterocycles. The van der Waals surface area contributed by atoms with Crippen molar-refractivity contribution < 1.29 is 9.84 Å². The highest BCUT2D eigenvalue weighted by Crippen LogP contribution is 2.31. The topological polar surface area (TPSA) is 60.2 Å². The summed E-state index contributed by atoms with van der Waals surface area (Å²) in [4.78, 5) is 4.21. The molecule has 1 atom stereocenters. The number of methoxy groups -OCH3 is 1. The number of hydrogen-bond acceptors (Lipinski definition) is 4. The summed E-state index contributed by atoms with van der Waals surface area (Å²) >= 11 is 0. The van der Waals surface area contributed by atoms with Crippen LogP contribution in [0, 0.1) is 6.92 Å². The summed E-state index contributed by atoms with van der Waals surface area (Å²) in [7, 11) is 1.57. The molecule has 0 radical (unpaired) electrons. The molecule has 2 heterocycles. The highest BCUT2D eigenvalue weighted by atomic mass is 16.5. The summed E-state index contributed by atoms with van der Waals surface area (Å²) in [5, 5.41) is 14.8. The van der Waals surface area contributed by atoms with E-state index in [1.54, 1.807) is 24.2 Å². The van der Waals surface area contributed by atoms with Gasteiger partial charge in [0, 0.05) is 23.5 Å². The molecule has 0 fully saturated rings. The zero-order valence-corrected chi connectivity index (χ0v) is 11.7. The molecule has 2 aromatic heterocycles. The Morgan fingerprint density at radius 3 is 2.53 bits per heavy atom. The Labute approximate surface area is 112 Å². The lowest BCUT2D eigenvalue weighted by Crippen LogP contribution is -2.13. The second kappa shape index (κ2) is 5.40. The first-order valence-electron chi connectivity index (χ1n) is 6.26. The van der Waals surface area contributed by atoms with Crippen LogP contribution >= 0.6 is 0 Å². The van der Waals surface area contributed by atoms with E-state index in [-0.39, 0.29) is 6.04 Å². The summed E-state index contributed by atoms with van der Waals surface area (Å²) < 4.78 is 7.05. The van der Waals surface area contributed by atoms with Crippen molar-refractivity contribution in [3.05, 3.63) is 41.5 Å². The average molecular weight is 261 g/mol. The van der Waals surface area contributed by atoms with E-state index in [2.05, 4.69) is 10.1 Å². The van der Waals surface area contributed by atoms with Crippen molar-refractivity contribution in [2.24, 2.45) is 0 Å². The van der Waals surface area contributed by atoms with Gasteiger partial charge in [0.15, 0.2) is 5.75 Å². The van der Waals surface area contributed by atoms with Gasteiger partial charge in [-0.2, -0.15) is 5.10 Å². The lowest BCUT2D eigenvalue weighted by molar-refractivity contribution is 0.199. The maximum atomic E-state index is 10.5. The SMILES string of the molecule is COc1cnn(C(C)C)c1C(O)c1ccc(C)nc1. The lowest BCUT2D eigenvalue weighted by Gasteiger charge is -2.17. The molecule has 0 amide bonds. The number of aromatic nitrogens is 3. The van der Waals surface area contributed by atoms with E-state index >= 15 is 0 Å². The zero-order chi connectivity index (χ0) is 14.0. The van der Waals surface area contributed by atoms with E-state index in [0.717, 1.165) is 11.3 Å². The van der Waals surface area contributed by atoms with Crippen molar-refractivity contribution in [1.29, 1.82) is 0 Å². The molecule has 5 nitrogen and oxygen atoms in total. The Bertz CT molecular complexity index is 546. The third kappa shape index (κ3) is 2.61. The van der Waals surface area contributed by atoms with Gasteiger partial charge in [-0.1, -0.05) is 6.07 Å². The van der Waals surface area contributed by atoms with Crippen LogP contribution in [0.15, 0.2) is 24.5 Å². The maximum Gasteiger partial charge on any atom is 0.163 e. The fraction of sp³-hybridized carbons (Fsp3) is 0.429. The van der Waals surface area contributed by atoms with E-state index in [1.807, 2.05) is 32.9 Å². The summed E-state index contributed by atoms with van der Waals surface area (Å²) in [5.41, 5.74) is 2.30. The van der Waals surface area contributed by atoms with Crippen LogP contribution in [0.25, 0.3) is 0 Å². The Morgan fingerprint density at radius 1 is 1.26 bits per heavy atom. The van der Waals surface area contributed by atoms with Gasteiger partial charge in [-0.05, 0) is 26.8 Å². The first-order valence-corrected chi connectivity index (χ1v) is 6.26. The fourth-order valence-electron chi connectivity index (χ4n) is 1.98. The number of aryl methyl sites for hydroxylation is 1. The van der Waals surface area contributed by atoms with Crippen molar-refractivity contribution in [1.82, 2.24) is 14.8 Å². The fourth-order valence-corrected chi connectivity index (χ4v) is 1.98. The predicted molar refractivity (Wildman–Crippen MR) is 72.2 cm³/mol. The molecule has 5 heteroatoms. The van der Waals surface area contributed by atoms with Crippen molar-refractivity contribution in [3.8, 4) is 5.75 Å². The molecule has 0 saturated carbocycles. The van der Waals surface area contributed by atoms with Crippen LogP contribution in [0.1, 0.15) is 42.9 Å². The first-order chi connectivity index (χ1) is 9.04. The van der Waals surface area contributed by atoms with E-state index in [0.29, 0.717) is 11.4 Å². The molecule has 1 unspecified atom stereocenters. The maximum absolute atomic E-state index is 10.5. The minimum Gasteiger partial charge on any atom is -0.493 e. The second-order valence-electron chi connectivity index (χ2n) is 4.77. The van der Waals surface area contributed by atoms with E-state index < -0.39 is 6.10 Å². The molecule has 2 rings (SSSR count). The second-order valence-corrected chi connectivity index (χ2v) is 4.77. The van der Waals surface area contributed by atoms with Gasteiger partial charge in [0.25, 0.3) is 0 Å². The van der Waals surface area contributed by atoms with Gasteiger partial charge < -0.3 is 9.84 Å². The monoisotopic (exact) mass is 261 g/mol. The quantitative estimate of drug-likeness (QED) is 0.917. The van der Waals surface area contributed by atoms with E-state index in [9.17, 15) is 5.11 Å². The minimum atomic E-state index is -0.798. The Kier molecular flexibility index (Phi) is 3.85. The number of rotatable bonds is 4. The summed E-state index contributed by atoms with van der Waals surface area (Å²) in [6.45, 7) is 5.93. The number of hydrogen-bond donors (Lipinski definition) is 1. The van der Waals surface area contributed by atoms with E-state index in [1.165, 1.54) is 0 Å². The van der Waals surface area contributed by atoms with Gasteiger partial charge in [0.2, 0.25) is 0 Å². The van der Waals surface area contributed by atoms with Crippen molar-refractivity contribution in [2.45, 2.75) is 32.9 Å². The van der Waals surface area contributed by atoms with Gasteiger partial charge >= 0.3 is 0 Å². The molecule has 0 aromatic carbocycles. The number of aliphatic hydroxyl groups is 1. The van der Waals surface area contributed by atoms with Gasteiger partial charge in [-0.3, -0.25) is 9.67 Å². The van der Waals surface area contributed by atoms with Gasteiger partial charge in [0.05, 0.1) is 13.3 Å². The van der Waals surface area contributed by atoms with Crippen molar-refractivity contribution >= 4 is 0 Å². The summed E-state index contributed by atoms with van der Waals surface area (Å²) in [6, 6.07) is 3.89. The third-order valence-corrected chi connectivity index (χ3v) is 3.02. The molecule has 1 N–H and O–H groups in total. The van der Waals surface area contributed by atoms with Crippen molar-refractivity contribution in [3.63, 3.8) is 0 Å². The van der Waals surface area contributed by atoms with E-state index in [4.69, 9.17) is 4.74 Å². The first kappa shape index (κ1) is 13.5. The highest BCUT2D eigenvalue weighted by Gasteiger charge is 2.23. The zero-order valence-electron chi connectivity index (χ0n) is 11.7. The number of pyridine rings is 1. The molecule has 102 valence electrons. The Morgan fingerprint density at radius 2 is 2.00 bits per heavy atom. The molecule has 0 spiro atoms. The minimum absolute atomic E-state index is 0.145. The van der Waals surface area contributed by atoms with Gasteiger partial charge in [-0.15, -0.1) is 0 Å². The summed E-state index contributed by atoms with van der Waals surface area (Å²) in [5.74, 6) is 0.585. The Hall–Kier alpha value is -1.88. The third-order valence-electron chi connectivity index (χ3n) is 3.02. The van der Waals surface area contributed by atoms with Crippen LogP contribution in [-0.4, -0.2) is 27.0 Å².